The summed E-state index contributed by atoms with van der Waals surface area (Å²) in [6, 6.07) is 2.77. The number of rotatable bonds is 3. The summed E-state index contributed by atoms with van der Waals surface area (Å²) >= 11 is 1.80. The second-order valence-electron chi connectivity index (χ2n) is 4.93. The predicted octanol–water partition coefficient (Wildman–Crippen LogP) is 3.67. The molecule has 1 aliphatic carbocycles. The van der Waals surface area contributed by atoms with Crippen LogP contribution in [0.5, 0.6) is 0 Å². The fourth-order valence-corrected chi connectivity index (χ4v) is 3.23. The van der Waals surface area contributed by atoms with Gasteiger partial charge in [0, 0.05) is 18.0 Å². The minimum absolute atomic E-state index is 0. The summed E-state index contributed by atoms with van der Waals surface area (Å²) in [7, 11) is 1.85. The van der Waals surface area contributed by atoms with Crippen molar-refractivity contribution in [3.63, 3.8) is 0 Å². The molecule has 2 rings (SSSR count). The highest BCUT2D eigenvalue weighted by atomic mass is 127. The molecule has 0 saturated heterocycles. The predicted molar refractivity (Wildman–Crippen MR) is 94.7 cm³/mol. The molecule has 0 aromatic carbocycles. The largest absolute Gasteiger partial charge is 0.354 e. The Morgan fingerprint density at radius 3 is 2.68 bits per heavy atom. The topological polar surface area (TPSA) is 36.4 Å². The molecule has 0 unspecified atom stereocenters. The van der Waals surface area contributed by atoms with Crippen molar-refractivity contribution < 1.29 is 0 Å². The Bertz CT molecular complexity index is 397. The molecule has 1 saturated carbocycles. The van der Waals surface area contributed by atoms with Gasteiger partial charge in [0.2, 0.25) is 0 Å². The summed E-state index contributed by atoms with van der Waals surface area (Å²) in [5, 5.41) is 9.08. The van der Waals surface area contributed by atoms with Crippen LogP contribution in [-0.2, 0) is 6.54 Å². The van der Waals surface area contributed by atoms with Crippen LogP contribution in [0.1, 0.15) is 42.5 Å². The van der Waals surface area contributed by atoms with Gasteiger partial charge in [-0.15, -0.1) is 35.3 Å². The third kappa shape index (κ3) is 5.30. The molecule has 19 heavy (non-hydrogen) atoms. The number of nitrogens with one attached hydrogen (secondary N) is 2. The second kappa shape index (κ2) is 8.79. The van der Waals surface area contributed by atoms with Gasteiger partial charge in [0.15, 0.2) is 5.96 Å². The molecule has 1 aromatic rings. The Morgan fingerprint density at radius 2 is 2.11 bits per heavy atom. The molecule has 1 fully saturated rings. The Morgan fingerprint density at radius 1 is 1.37 bits per heavy atom. The van der Waals surface area contributed by atoms with Gasteiger partial charge < -0.3 is 10.6 Å². The van der Waals surface area contributed by atoms with Crippen LogP contribution in [0, 0.1) is 6.92 Å². The van der Waals surface area contributed by atoms with Crippen molar-refractivity contribution in [2.45, 2.75) is 51.6 Å². The molecule has 0 bridgehead atoms. The van der Waals surface area contributed by atoms with Gasteiger partial charge in [-0.1, -0.05) is 19.3 Å². The van der Waals surface area contributed by atoms with E-state index >= 15 is 0 Å². The van der Waals surface area contributed by atoms with Crippen LogP contribution in [0.15, 0.2) is 16.4 Å². The van der Waals surface area contributed by atoms with E-state index in [-0.39, 0.29) is 24.0 Å². The number of hydrogen-bond donors (Lipinski definition) is 2. The Hall–Kier alpha value is -0.300. The second-order valence-corrected chi connectivity index (χ2v) is 5.93. The summed E-state index contributed by atoms with van der Waals surface area (Å²) in [6.45, 7) is 3.03. The monoisotopic (exact) mass is 393 g/mol. The van der Waals surface area contributed by atoms with Crippen LogP contribution in [0.2, 0.25) is 0 Å². The summed E-state index contributed by atoms with van der Waals surface area (Å²) in [5.41, 5.74) is 1.36. The maximum atomic E-state index is 4.31. The molecule has 2 N–H and O–H groups in total. The average molecular weight is 393 g/mol. The molecule has 0 amide bonds. The van der Waals surface area contributed by atoms with Crippen LogP contribution in [-0.4, -0.2) is 19.0 Å². The van der Waals surface area contributed by atoms with E-state index in [9.17, 15) is 0 Å². The summed E-state index contributed by atoms with van der Waals surface area (Å²) in [6.07, 6.45) is 6.63. The van der Waals surface area contributed by atoms with Crippen molar-refractivity contribution in [1.29, 1.82) is 0 Å². The van der Waals surface area contributed by atoms with Crippen LogP contribution in [0.3, 0.4) is 0 Å². The number of aryl methyl sites for hydroxylation is 1. The lowest BCUT2D eigenvalue weighted by molar-refractivity contribution is 0.410. The summed E-state index contributed by atoms with van der Waals surface area (Å²) in [5.74, 6) is 0.940. The number of thiophene rings is 1. The summed E-state index contributed by atoms with van der Waals surface area (Å²) in [4.78, 5) is 5.70. The fourth-order valence-electron chi connectivity index (χ4n) is 2.38. The first kappa shape index (κ1) is 16.8. The lowest BCUT2D eigenvalue weighted by atomic mass is 9.96. The van der Waals surface area contributed by atoms with Crippen LogP contribution < -0.4 is 10.6 Å². The molecule has 3 nitrogen and oxygen atoms in total. The summed E-state index contributed by atoms with van der Waals surface area (Å²) < 4.78 is 0. The van der Waals surface area contributed by atoms with E-state index < -0.39 is 0 Å². The molecule has 0 atom stereocenters. The lowest BCUT2D eigenvalue weighted by Gasteiger charge is -2.24. The molecule has 5 heteroatoms. The molecule has 0 spiro atoms. The standard InChI is InChI=1S/C14H23N3S.HI/c1-11-8-9-18-13(11)10-16-14(15-2)17-12-6-4-3-5-7-12;/h8-9,12H,3-7,10H2,1-2H3,(H2,15,16,17);1H. The smallest absolute Gasteiger partial charge is 0.191 e. The highest BCUT2D eigenvalue weighted by Gasteiger charge is 2.14. The maximum absolute atomic E-state index is 4.31. The number of hydrogen-bond acceptors (Lipinski definition) is 2. The molecule has 0 radical (unpaired) electrons. The zero-order valence-corrected chi connectivity index (χ0v) is 14.9. The SMILES string of the molecule is CN=C(NCc1sccc1C)NC1CCCCC1.I. The van der Waals surface area contributed by atoms with Crippen molar-refractivity contribution in [1.82, 2.24) is 10.6 Å². The molecular weight excluding hydrogens is 369 g/mol. The zero-order valence-electron chi connectivity index (χ0n) is 11.7. The van der Waals surface area contributed by atoms with Crippen LogP contribution >= 0.6 is 35.3 Å². The van der Waals surface area contributed by atoms with E-state index in [0.717, 1.165) is 12.5 Å². The molecule has 1 heterocycles. The Kier molecular flexibility index (Phi) is 7.75. The Labute approximate surface area is 137 Å². The first-order valence-corrected chi connectivity index (χ1v) is 7.67. The van der Waals surface area contributed by atoms with E-state index in [0.29, 0.717) is 6.04 Å². The highest BCUT2D eigenvalue weighted by molar-refractivity contribution is 14.0. The van der Waals surface area contributed by atoms with Gasteiger partial charge in [-0.3, -0.25) is 4.99 Å². The lowest BCUT2D eigenvalue weighted by Crippen LogP contribution is -2.43. The molecule has 1 aliphatic rings. The van der Waals surface area contributed by atoms with Gasteiger partial charge in [-0.05, 0) is 36.8 Å². The third-order valence-electron chi connectivity index (χ3n) is 3.55. The van der Waals surface area contributed by atoms with Gasteiger partial charge in [0.1, 0.15) is 0 Å². The number of aliphatic imine (C=N–C) groups is 1. The van der Waals surface area contributed by atoms with Gasteiger partial charge >= 0.3 is 0 Å². The quantitative estimate of drug-likeness (QED) is 0.467. The Balaban J connectivity index is 0.00000180. The number of guanidine groups is 1. The van der Waals surface area contributed by atoms with Crippen molar-refractivity contribution in [3.05, 3.63) is 21.9 Å². The molecule has 108 valence electrons. The zero-order chi connectivity index (χ0) is 12.8. The minimum Gasteiger partial charge on any atom is -0.354 e. The minimum atomic E-state index is 0. The van der Waals surface area contributed by atoms with Crippen LogP contribution in [0.25, 0.3) is 0 Å². The number of halogens is 1. The maximum Gasteiger partial charge on any atom is 0.191 e. The molecule has 1 aromatic heterocycles. The van der Waals surface area contributed by atoms with Crippen LogP contribution in [0.4, 0.5) is 0 Å². The highest BCUT2D eigenvalue weighted by Crippen LogP contribution is 2.17. The third-order valence-corrected chi connectivity index (χ3v) is 4.58. The van der Waals surface area contributed by atoms with Crippen molar-refractivity contribution in [2.75, 3.05) is 7.05 Å². The van der Waals surface area contributed by atoms with E-state index in [1.807, 2.05) is 7.05 Å². The fraction of sp³-hybridized carbons (Fsp3) is 0.643. The van der Waals surface area contributed by atoms with Gasteiger partial charge in [0.25, 0.3) is 0 Å². The number of nitrogens with zero attached hydrogens (tertiary/aromatic N) is 1. The van der Waals surface area contributed by atoms with Crippen molar-refractivity contribution in [2.24, 2.45) is 4.99 Å². The van der Waals surface area contributed by atoms with Crippen molar-refractivity contribution >= 4 is 41.3 Å². The van der Waals surface area contributed by atoms with Gasteiger partial charge in [0.05, 0.1) is 6.54 Å². The average Bonchev–Trinajstić information content (AvgIpc) is 2.81. The molecular formula is C14H24IN3S. The van der Waals surface area contributed by atoms with E-state index in [2.05, 4.69) is 34.0 Å². The first-order valence-electron chi connectivity index (χ1n) is 6.79. The van der Waals surface area contributed by atoms with E-state index in [1.165, 1.54) is 42.5 Å². The van der Waals surface area contributed by atoms with Crippen molar-refractivity contribution in [3.8, 4) is 0 Å². The van der Waals surface area contributed by atoms with E-state index in [4.69, 9.17) is 0 Å². The van der Waals surface area contributed by atoms with Gasteiger partial charge in [-0.2, -0.15) is 0 Å². The first-order chi connectivity index (χ1) is 8.79. The normalized spacial score (nSPS) is 16.8. The van der Waals surface area contributed by atoms with E-state index in [1.54, 1.807) is 11.3 Å². The molecule has 0 aliphatic heterocycles. The van der Waals surface area contributed by atoms with Gasteiger partial charge in [-0.25, -0.2) is 0 Å².